The Morgan fingerprint density at radius 1 is 1.22 bits per heavy atom. The van der Waals surface area contributed by atoms with E-state index in [9.17, 15) is 4.79 Å². The van der Waals surface area contributed by atoms with E-state index in [0.29, 0.717) is 40.5 Å². The van der Waals surface area contributed by atoms with Gasteiger partial charge in [-0.3, -0.25) is 9.48 Å². The van der Waals surface area contributed by atoms with Crippen LogP contribution in [0.25, 0.3) is 11.0 Å². The third kappa shape index (κ3) is 4.94. The molecule has 2 saturated carbocycles. The summed E-state index contributed by atoms with van der Waals surface area (Å²) in [5.41, 5.74) is 9.70. The zero-order valence-electron chi connectivity index (χ0n) is 21.7. The minimum absolute atomic E-state index is 0.0664. The van der Waals surface area contributed by atoms with Crippen molar-refractivity contribution >= 4 is 28.7 Å². The summed E-state index contributed by atoms with van der Waals surface area (Å²) in [5.74, 6) is 2.21. The van der Waals surface area contributed by atoms with E-state index in [2.05, 4.69) is 37.6 Å². The number of hydrogen-bond donors (Lipinski definition) is 3. The average Bonchev–Trinajstić information content (AvgIpc) is 3.58. The highest BCUT2D eigenvalue weighted by Crippen LogP contribution is 2.63. The van der Waals surface area contributed by atoms with Gasteiger partial charge in [0.25, 0.3) is 5.91 Å². The monoisotopic (exact) mass is 504 g/mol. The van der Waals surface area contributed by atoms with Gasteiger partial charge in [-0.1, -0.05) is 6.07 Å². The minimum Gasteiger partial charge on any atom is -0.496 e. The summed E-state index contributed by atoms with van der Waals surface area (Å²) in [4.78, 5) is 24.1. The van der Waals surface area contributed by atoms with Crippen molar-refractivity contribution in [1.82, 2.24) is 30.0 Å². The zero-order valence-corrected chi connectivity index (χ0v) is 21.7. The van der Waals surface area contributed by atoms with Crippen molar-refractivity contribution in [2.24, 2.45) is 11.3 Å². The van der Waals surface area contributed by atoms with Gasteiger partial charge in [0.05, 0.1) is 19.9 Å². The molecule has 2 aliphatic carbocycles. The second kappa shape index (κ2) is 9.48. The Morgan fingerprint density at radius 2 is 2.00 bits per heavy atom. The molecule has 1 aliphatic heterocycles. The molecule has 3 fully saturated rings. The number of nitrogen functional groups attached to an aromatic ring is 1. The molecule has 1 amide bonds. The zero-order chi connectivity index (χ0) is 25.6. The number of nitrogens with one attached hydrogen (secondary N) is 2. The Kier molecular flexibility index (Phi) is 6.14. The molecule has 1 spiro atoms. The van der Waals surface area contributed by atoms with E-state index >= 15 is 0 Å². The van der Waals surface area contributed by atoms with Gasteiger partial charge in [0.1, 0.15) is 16.8 Å². The maximum absolute atomic E-state index is 12.9. The van der Waals surface area contributed by atoms with Gasteiger partial charge in [0.2, 0.25) is 5.95 Å². The van der Waals surface area contributed by atoms with Crippen molar-refractivity contribution in [2.45, 2.75) is 51.1 Å². The number of nitrogens with two attached hydrogens (primary N) is 1. The van der Waals surface area contributed by atoms with Crippen LogP contribution in [0.3, 0.4) is 0 Å². The first-order valence-electron chi connectivity index (χ1n) is 13.3. The van der Waals surface area contributed by atoms with Crippen LogP contribution in [0.4, 0.5) is 11.8 Å². The summed E-state index contributed by atoms with van der Waals surface area (Å²) in [6.45, 7) is 3.33. The second-order valence-corrected chi connectivity index (χ2v) is 11.2. The third-order valence-electron chi connectivity index (χ3n) is 8.39. The molecule has 1 aromatic carbocycles. The number of aromatic nitrogens is 4. The molecule has 2 aromatic heterocycles. The summed E-state index contributed by atoms with van der Waals surface area (Å²) >= 11 is 0. The van der Waals surface area contributed by atoms with E-state index < -0.39 is 0 Å². The molecule has 0 unspecified atom stereocenters. The van der Waals surface area contributed by atoms with Crippen LogP contribution in [-0.2, 0) is 6.54 Å². The van der Waals surface area contributed by atoms with E-state index in [4.69, 9.17) is 10.5 Å². The first kappa shape index (κ1) is 24.0. The predicted octanol–water partition coefficient (Wildman–Crippen LogP) is 2.89. The average molecular weight is 505 g/mol. The number of methoxy groups -OCH3 is 1. The summed E-state index contributed by atoms with van der Waals surface area (Å²) in [7, 11) is 3.74. The predicted molar refractivity (Wildman–Crippen MR) is 143 cm³/mol. The molecule has 1 saturated heterocycles. The summed E-state index contributed by atoms with van der Waals surface area (Å²) in [6.07, 6.45) is 9.04. The molecule has 3 aliphatic rings. The Bertz CT molecular complexity index is 1300. The quantitative estimate of drug-likeness (QED) is 0.428. The van der Waals surface area contributed by atoms with Gasteiger partial charge in [-0.25, -0.2) is 4.98 Å². The van der Waals surface area contributed by atoms with Crippen LogP contribution < -0.4 is 21.1 Å². The number of benzene rings is 1. The number of carbonyl (C=O) groups excluding carboxylic acids is 1. The highest BCUT2D eigenvalue weighted by Gasteiger charge is 2.52. The number of carbonyl (C=O) groups is 1. The number of rotatable bonds is 8. The Balaban J connectivity index is 1.18. The number of nitrogens with zero attached hydrogens (tertiary/aromatic N) is 5. The van der Waals surface area contributed by atoms with E-state index in [-0.39, 0.29) is 17.9 Å². The van der Waals surface area contributed by atoms with Gasteiger partial charge in [0.15, 0.2) is 5.82 Å². The maximum atomic E-state index is 12.9. The normalized spacial score (nSPS) is 19.6. The first-order chi connectivity index (χ1) is 17.9. The number of amides is 1. The Hall–Kier alpha value is -3.40. The van der Waals surface area contributed by atoms with Crippen molar-refractivity contribution < 1.29 is 9.53 Å². The van der Waals surface area contributed by atoms with E-state index in [1.54, 1.807) is 13.3 Å². The topological polar surface area (TPSA) is 123 Å². The van der Waals surface area contributed by atoms with Crippen molar-refractivity contribution in [1.29, 1.82) is 0 Å². The Labute approximate surface area is 217 Å². The van der Waals surface area contributed by atoms with Crippen molar-refractivity contribution in [3.05, 3.63) is 35.5 Å². The van der Waals surface area contributed by atoms with Crippen LogP contribution in [0.15, 0.2) is 24.4 Å². The van der Waals surface area contributed by atoms with Gasteiger partial charge >= 0.3 is 0 Å². The molecule has 3 aromatic rings. The number of hydrogen-bond acceptors (Lipinski definition) is 8. The minimum atomic E-state index is -0.0664. The number of likely N-dealkylation sites (tertiary alicyclic amines) is 1. The molecular formula is C27H36N8O2. The standard InChI is InChI=1S/C27H36N8O2/c1-34-9-5-20(6-10-34)31-25(36)18-3-4-19(22(11-18)37-2)16-35-23-21(15-30-35)32-26(28)33-24(23)29-14-17-12-27(13-17)7-8-27/h3-4,11,15,17,20H,5-10,12-14,16H2,1-2H3,(H,31,36)(H3,28,29,32,33). The fourth-order valence-corrected chi connectivity index (χ4v) is 5.99. The molecule has 6 rings (SSSR count). The molecule has 4 N–H and O–H groups in total. The second-order valence-electron chi connectivity index (χ2n) is 11.2. The lowest BCUT2D eigenvalue weighted by molar-refractivity contribution is 0.0916. The molecule has 3 heterocycles. The molecule has 0 atom stereocenters. The molecule has 37 heavy (non-hydrogen) atoms. The van der Waals surface area contributed by atoms with Crippen LogP contribution in [-0.4, -0.2) is 70.4 Å². The van der Waals surface area contributed by atoms with Crippen LogP contribution in [0.5, 0.6) is 5.75 Å². The lowest BCUT2D eigenvalue weighted by Gasteiger charge is -2.36. The molecule has 0 radical (unpaired) electrons. The number of ether oxygens (including phenoxy) is 1. The van der Waals surface area contributed by atoms with Gasteiger partial charge in [-0.2, -0.15) is 10.1 Å². The largest absolute Gasteiger partial charge is 0.496 e. The molecule has 10 nitrogen and oxygen atoms in total. The van der Waals surface area contributed by atoms with Crippen LogP contribution in [0.1, 0.15) is 54.4 Å². The van der Waals surface area contributed by atoms with Crippen molar-refractivity contribution in [3.8, 4) is 5.75 Å². The van der Waals surface area contributed by atoms with Crippen LogP contribution in [0, 0.1) is 11.3 Å². The van der Waals surface area contributed by atoms with Crippen LogP contribution in [0.2, 0.25) is 0 Å². The molecule has 10 heteroatoms. The highest BCUT2D eigenvalue weighted by atomic mass is 16.5. The summed E-state index contributed by atoms with van der Waals surface area (Å²) in [5, 5.41) is 11.3. The third-order valence-corrected chi connectivity index (χ3v) is 8.39. The Morgan fingerprint density at radius 3 is 2.73 bits per heavy atom. The van der Waals surface area contributed by atoms with E-state index in [1.165, 1.54) is 25.7 Å². The fourth-order valence-electron chi connectivity index (χ4n) is 5.99. The summed E-state index contributed by atoms with van der Waals surface area (Å²) < 4.78 is 7.55. The van der Waals surface area contributed by atoms with Gasteiger partial charge < -0.3 is 26.0 Å². The highest BCUT2D eigenvalue weighted by molar-refractivity contribution is 5.95. The van der Waals surface area contributed by atoms with Crippen LogP contribution >= 0.6 is 0 Å². The fraction of sp³-hybridized carbons (Fsp3) is 0.556. The maximum Gasteiger partial charge on any atom is 0.251 e. The SMILES string of the molecule is COc1cc(C(=O)NC2CCN(C)CC2)ccc1Cn1ncc2nc(N)nc(NCC3CC4(CC4)C3)c21. The lowest BCUT2D eigenvalue weighted by atomic mass is 9.72. The van der Waals surface area contributed by atoms with Gasteiger partial charge in [0, 0.05) is 23.7 Å². The summed E-state index contributed by atoms with van der Waals surface area (Å²) in [6, 6.07) is 5.80. The smallest absolute Gasteiger partial charge is 0.251 e. The number of anilines is 2. The van der Waals surface area contributed by atoms with E-state index in [1.807, 2.05) is 22.9 Å². The lowest BCUT2D eigenvalue weighted by Crippen LogP contribution is -2.43. The van der Waals surface area contributed by atoms with Gasteiger partial charge in [-0.05, 0) is 82.1 Å². The molecular weight excluding hydrogens is 468 g/mol. The number of piperidine rings is 1. The van der Waals surface area contributed by atoms with Crippen molar-refractivity contribution in [2.75, 3.05) is 44.8 Å². The van der Waals surface area contributed by atoms with E-state index in [0.717, 1.165) is 43.6 Å². The van der Waals surface area contributed by atoms with Gasteiger partial charge in [-0.15, -0.1) is 0 Å². The van der Waals surface area contributed by atoms with Crippen molar-refractivity contribution in [3.63, 3.8) is 0 Å². The number of fused-ring (bicyclic) bond motifs is 1. The molecule has 0 bridgehead atoms. The first-order valence-corrected chi connectivity index (χ1v) is 13.3. The molecule has 196 valence electrons.